The largest absolute Gasteiger partial charge is 0.416 e. The van der Waals surface area contributed by atoms with Crippen LogP contribution in [0.15, 0.2) is 60.7 Å². The van der Waals surface area contributed by atoms with Crippen LogP contribution < -0.4 is 0 Å². The number of para-hydroxylation sites is 1. The Hall–Kier alpha value is -2.97. The molecule has 0 N–H and O–H groups in total. The van der Waals surface area contributed by atoms with Gasteiger partial charge in [0.2, 0.25) is 0 Å². The van der Waals surface area contributed by atoms with Gasteiger partial charge in [-0.05, 0) is 48.4 Å². The molecule has 0 atom stereocenters. The van der Waals surface area contributed by atoms with Gasteiger partial charge in [-0.1, -0.05) is 25.1 Å². The molecule has 0 saturated heterocycles. The monoisotopic (exact) mass is 653 g/mol. The van der Waals surface area contributed by atoms with Crippen molar-refractivity contribution in [2.45, 2.75) is 26.2 Å². The van der Waals surface area contributed by atoms with E-state index in [0.717, 1.165) is 18.2 Å². The number of hydrogen-bond acceptors (Lipinski definition) is 2. The maximum atomic E-state index is 13.4. The zero-order chi connectivity index (χ0) is 24.0. The van der Waals surface area contributed by atoms with Crippen molar-refractivity contribution in [2.24, 2.45) is 0 Å². The Bertz CT molecular complexity index is 1230. The van der Waals surface area contributed by atoms with Crippen LogP contribution in [0.1, 0.15) is 22.3 Å². The maximum Gasteiger partial charge on any atom is 0.416 e. The Labute approximate surface area is 204 Å². The summed E-state index contributed by atoms with van der Waals surface area (Å²) in [5.74, 6) is 0.0920. The molecule has 4 rings (SSSR count). The van der Waals surface area contributed by atoms with E-state index in [0.29, 0.717) is 16.8 Å². The third-order valence-electron chi connectivity index (χ3n) is 4.90. The number of halogens is 6. The van der Waals surface area contributed by atoms with Crippen molar-refractivity contribution in [3.05, 3.63) is 89.0 Å². The molecule has 0 spiro atoms. The van der Waals surface area contributed by atoms with E-state index in [1.54, 1.807) is 30.3 Å². The summed E-state index contributed by atoms with van der Waals surface area (Å²) in [4.78, 5) is 0. The molecule has 179 valence electrons. The number of nitrogens with zero attached hydrogens (tertiary/aromatic N) is 3. The first-order chi connectivity index (χ1) is 15.4. The van der Waals surface area contributed by atoms with Gasteiger partial charge in [0, 0.05) is 31.4 Å². The summed E-state index contributed by atoms with van der Waals surface area (Å²) >= 11 is 0. The van der Waals surface area contributed by atoms with Gasteiger partial charge in [-0.3, -0.25) is 0 Å². The van der Waals surface area contributed by atoms with E-state index >= 15 is 0 Å². The van der Waals surface area contributed by atoms with Crippen LogP contribution in [0, 0.1) is 19.9 Å². The van der Waals surface area contributed by atoms with Gasteiger partial charge in [0.25, 0.3) is 0 Å². The standard InChI is InChI=1S/C24H16F6N3.Ir/c1-14-8-16(12-18(10-14)23(25,26)27)21-31-32-22(33(21)20-6-4-3-5-7-20)17-9-15(2)11-19(13-17)24(28,29)30;/h3-12H,1-2H3;/q-1;. The summed E-state index contributed by atoms with van der Waals surface area (Å²) in [5.41, 5.74) is -0.520. The fourth-order valence-corrected chi connectivity index (χ4v) is 3.53. The minimum atomic E-state index is -4.63. The summed E-state index contributed by atoms with van der Waals surface area (Å²) in [5, 5.41) is 8.13. The Morgan fingerprint density at radius 2 is 1.35 bits per heavy atom. The predicted octanol–water partition coefficient (Wildman–Crippen LogP) is 7.05. The summed E-state index contributed by atoms with van der Waals surface area (Å²) < 4.78 is 81.8. The van der Waals surface area contributed by atoms with Crippen LogP contribution >= 0.6 is 0 Å². The second kappa shape index (κ2) is 9.35. The van der Waals surface area contributed by atoms with Gasteiger partial charge in [-0.25, -0.2) is 0 Å². The van der Waals surface area contributed by atoms with Crippen molar-refractivity contribution >= 4 is 0 Å². The van der Waals surface area contributed by atoms with Crippen LogP contribution in [0.2, 0.25) is 0 Å². The van der Waals surface area contributed by atoms with Crippen LogP contribution in [-0.4, -0.2) is 14.8 Å². The number of aromatic nitrogens is 3. The van der Waals surface area contributed by atoms with Crippen molar-refractivity contribution in [1.82, 2.24) is 14.8 Å². The molecule has 1 aromatic heterocycles. The van der Waals surface area contributed by atoms with Crippen LogP contribution in [0.4, 0.5) is 26.3 Å². The molecule has 0 saturated carbocycles. The second-order valence-electron chi connectivity index (χ2n) is 7.59. The van der Waals surface area contributed by atoms with Gasteiger partial charge in [-0.15, -0.1) is 34.4 Å². The smallest absolute Gasteiger partial charge is 0.316 e. The molecule has 0 aliphatic heterocycles. The molecular formula is C24H16F6IrN3-. The van der Waals surface area contributed by atoms with Crippen molar-refractivity contribution in [3.8, 4) is 28.5 Å². The van der Waals surface area contributed by atoms with Crippen molar-refractivity contribution in [2.75, 3.05) is 0 Å². The third-order valence-corrected chi connectivity index (χ3v) is 4.90. The zero-order valence-corrected chi connectivity index (χ0v) is 20.1. The van der Waals surface area contributed by atoms with Gasteiger partial charge in [0.1, 0.15) is 0 Å². The minimum absolute atomic E-state index is 0. The van der Waals surface area contributed by atoms with Crippen LogP contribution in [0.3, 0.4) is 0 Å². The molecule has 0 fully saturated rings. The van der Waals surface area contributed by atoms with E-state index in [-0.39, 0.29) is 42.9 Å². The van der Waals surface area contributed by atoms with E-state index in [1.807, 2.05) is 0 Å². The third kappa shape index (κ3) is 5.23. The molecule has 3 nitrogen and oxygen atoms in total. The van der Waals surface area contributed by atoms with Gasteiger partial charge < -0.3 is 4.57 Å². The number of aryl methyl sites for hydroxylation is 2. The van der Waals surface area contributed by atoms with Crippen LogP contribution in [-0.2, 0) is 32.5 Å². The van der Waals surface area contributed by atoms with E-state index in [2.05, 4.69) is 16.3 Å². The van der Waals surface area contributed by atoms with Gasteiger partial charge >= 0.3 is 12.4 Å². The fourth-order valence-electron chi connectivity index (χ4n) is 3.53. The molecule has 1 radical (unpaired) electrons. The Morgan fingerprint density at radius 3 is 1.97 bits per heavy atom. The zero-order valence-electron chi connectivity index (χ0n) is 17.7. The average Bonchev–Trinajstić information content (AvgIpc) is 3.17. The van der Waals surface area contributed by atoms with E-state index < -0.39 is 23.5 Å². The topological polar surface area (TPSA) is 30.7 Å². The van der Waals surface area contributed by atoms with E-state index in [4.69, 9.17) is 0 Å². The van der Waals surface area contributed by atoms with Crippen molar-refractivity contribution < 1.29 is 46.4 Å². The first-order valence-electron chi connectivity index (χ1n) is 9.75. The summed E-state index contributed by atoms with van der Waals surface area (Å²) in [6, 6.07) is 16.7. The first kappa shape index (κ1) is 25.6. The summed E-state index contributed by atoms with van der Waals surface area (Å²) in [6.45, 7) is 3.03. The average molecular weight is 653 g/mol. The molecule has 0 aliphatic rings. The van der Waals surface area contributed by atoms with Gasteiger partial charge in [0.15, 0.2) is 5.82 Å². The minimum Gasteiger partial charge on any atom is -0.316 e. The van der Waals surface area contributed by atoms with Crippen LogP contribution in [0.25, 0.3) is 28.5 Å². The fraction of sp³-hybridized carbons (Fsp3) is 0.167. The molecule has 1 heterocycles. The van der Waals surface area contributed by atoms with Crippen molar-refractivity contribution in [3.63, 3.8) is 0 Å². The Morgan fingerprint density at radius 1 is 0.735 bits per heavy atom. The summed E-state index contributed by atoms with van der Waals surface area (Å²) in [7, 11) is 0. The number of benzene rings is 3. The molecular weight excluding hydrogens is 636 g/mol. The first-order valence-corrected chi connectivity index (χ1v) is 9.75. The molecule has 0 bridgehead atoms. The molecule has 3 aromatic carbocycles. The molecule has 0 aliphatic carbocycles. The molecule has 0 unspecified atom stereocenters. The van der Waals surface area contributed by atoms with Crippen molar-refractivity contribution in [1.29, 1.82) is 0 Å². The Balaban J connectivity index is 0.00000324. The van der Waals surface area contributed by atoms with E-state index in [1.165, 1.54) is 30.5 Å². The number of alkyl halides is 6. The summed E-state index contributed by atoms with van der Waals surface area (Å²) in [6.07, 6.45) is -9.20. The molecule has 4 aromatic rings. The normalized spacial score (nSPS) is 11.9. The maximum absolute atomic E-state index is 13.4. The molecule has 34 heavy (non-hydrogen) atoms. The predicted molar refractivity (Wildman–Crippen MR) is 111 cm³/mol. The van der Waals surface area contributed by atoms with Gasteiger partial charge in [0.05, 0.1) is 11.4 Å². The second-order valence-corrected chi connectivity index (χ2v) is 7.59. The Kier molecular flexibility index (Phi) is 7.05. The van der Waals surface area contributed by atoms with Gasteiger partial charge in [-0.2, -0.15) is 31.4 Å². The molecule has 10 heteroatoms. The molecule has 0 amide bonds. The SMILES string of the molecule is Cc1cc(-c2nnc(-c3cc(C)cc(C(F)(F)F)c3)n2-c2ccccc2)[c-]c(C(F)(F)F)c1.[Ir]. The number of rotatable bonds is 3. The number of hydrogen-bond donors (Lipinski definition) is 0. The van der Waals surface area contributed by atoms with E-state index in [9.17, 15) is 26.3 Å². The quantitative estimate of drug-likeness (QED) is 0.176. The van der Waals surface area contributed by atoms with Crippen LogP contribution in [0.5, 0.6) is 0 Å².